The first-order valence-electron chi connectivity index (χ1n) is 6.62. The molecule has 0 spiro atoms. The quantitative estimate of drug-likeness (QED) is 0.811. The Kier molecular flexibility index (Phi) is 4.00. The molecule has 9 heteroatoms. The Labute approximate surface area is 117 Å². The van der Waals surface area contributed by atoms with Crippen molar-refractivity contribution in [3.8, 4) is 0 Å². The molecule has 0 aromatic heterocycles. The predicted molar refractivity (Wildman–Crippen MR) is 60.6 cm³/mol. The zero-order chi connectivity index (χ0) is 16.1. The van der Waals surface area contributed by atoms with Crippen molar-refractivity contribution in [1.82, 2.24) is 4.90 Å². The summed E-state index contributed by atoms with van der Waals surface area (Å²) in [5.74, 6) is 0. The fourth-order valence-electron chi connectivity index (χ4n) is 3.19. The van der Waals surface area contributed by atoms with E-state index in [1.54, 1.807) is 4.90 Å². The van der Waals surface area contributed by atoms with E-state index in [0.29, 0.717) is 13.0 Å². The minimum Gasteiger partial charge on any atom is -0.394 e. The topological polar surface area (TPSA) is 32.7 Å². The molecule has 2 rings (SSSR count). The van der Waals surface area contributed by atoms with Crippen molar-refractivity contribution in [3.63, 3.8) is 0 Å². The highest BCUT2D eigenvalue weighted by Gasteiger charge is 2.70. The van der Waals surface area contributed by atoms with Crippen LogP contribution < -0.4 is 0 Å². The molecule has 2 saturated heterocycles. The van der Waals surface area contributed by atoms with Gasteiger partial charge >= 0.3 is 12.4 Å². The van der Waals surface area contributed by atoms with Crippen molar-refractivity contribution in [3.05, 3.63) is 0 Å². The van der Waals surface area contributed by atoms with E-state index in [1.807, 2.05) is 0 Å². The summed E-state index contributed by atoms with van der Waals surface area (Å²) in [5.41, 5.74) is -4.93. The van der Waals surface area contributed by atoms with E-state index in [-0.39, 0.29) is 26.5 Å². The van der Waals surface area contributed by atoms with Gasteiger partial charge in [0.05, 0.1) is 12.7 Å². The molecule has 2 aliphatic heterocycles. The van der Waals surface area contributed by atoms with Gasteiger partial charge in [-0.1, -0.05) is 0 Å². The van der Waals surface area contributed by atoms with Crippen LogP contribution in [-0.2, 0) is 4.74 Å². The van der Waals surface area contributed by atoms with E-state index in [9.17, 15) is 31.4 Å². The monoisotopic (exact) mass is 321 g/mol. The maximum absolute atomic E-state index is 12.8. The van der Waals surface area contributed by atoms with Gasteiger partial charge in [-0.15, -0.1) is 0 Å². The molecule has 2 fully saturated rings. The van der Waals surface area contributed by atoms with Gasteiger partial charge in [-0.05, 0) is 32.7 Å². The number of nitrogens with zero attached hydrogens (tertiary/aromatic N) is 1. The smallest absolute Gasteiger partial charge is 0.394 e. The molecule has 0 bridgehead atoms. The van der Waals surface area contributed by atoms with E-state index in [0.717, 1.165) is 6.42 Å². The molecule has 21 heavy (non-hydrogen) atoms. The lowest BCUT2D eigenvalue weighted by Crippen LogP contribution is -2.58. The van der Waals surface area contributed by atoms with Gasteiger partial charge in [-0.2, -0.15) is 26.3 Å². The molecule has 0 aromatic rings. The number of rotatable bonds is 3. The number of hydrogen-bond acceptors (Lipinski definition) is 3. The molecule has 0 radical (unpaired) electrons. The highest BCUT2D eigenvalue weighted by molar-refractivity contribution is 5.05. The molecule has 2 aliphatic rings. The number of aliphatic hydroxyl groups excluding tert-OH is 1. The lowest BCUT2D eigenvalue weighted by molar-refractivity contribution is -0.382. The molecular formula is C12H17F6NO2. The third-order valence-corrected chi connectivity index (χ3v) is 4.55. The van der Waals surface area contributed by atoms with Gasteiger partial charge in [0.15, 0.2) is 0 Å². The maximum Gasteiger partial charge on any atom is 0.426 e. The molecule has 3 nitrogen and oxygen atoms in total. The van der Waals surface area contributed by atoms with Crippen LogP contribution in [0, 0.1) is 0 Å². The van der Waals surface area contributed by atoms with Crippen molar-refractivity contribution in [2.75, 3.05) is 19.7 Å². The van der Waals surface area contributed by atoms with E-state index in [1.165, 1.54) is 0 Å². The van der Waals surface area contributed by atoms with Crippen molar-refractivity contribution < 1.29 is 36.2 Å². The number of fused-ring (bicyclic) bond motifs is 1. The second-order valence-corrected chi connectivity index (χ2v) is 5.90. The highest BCUT2D eigenvalue weighted by Crippen LogP contribution is 2.48. The third-order valence-electron chi connectivity index (χ3n) is 4.55. The average molecular weight is 321 g/mol. The van der Waals surface area contributed by atoms with Crippen LogP contribution in [0.3, 0.4) is 0 Å². The van der Waals surface area contributed by atoms with Crippen molar-refractivity contribution >= 4 is 0 Å². The van der Waals surface area contributed by atoms with Crippen LogP contribution in [0.15, 0.2) is 0 Å². The van der Waals surface area contributed by atoms with E-state index < -0.39 is 29.6 Å². The molecule has 124 valence electrons. The Morgan fingerprint density at radius 3 is 2.19 bits per heavy atom. The number of aliphatic hydroxyl groups is 1. The number of hydrogen-bond donors (Lipinski definition) is 1. The van der Waals surface area contributed by atoms with Gasteiger partial charge in [-0.3, -0.25) is 4.90 Å². The largest absolute Gasteiger partial charge is 0.426 e. The van der Waals surface area contributed by atoms with E-state index >= 15 is 0 Å². The fraction of sp³-hybridized carbons (Fsp3) is 1.00. The summed E-state index contributed by atoms with van der Waals surface area (Å²) in [6, 6.07) is 0. The van der Waals surface area contributed by atoms with Crippen LogP contribution in [0.25, 0.3) is 0 Å². The standard InChI is InChI=1S/C12H17F6NO2/c1-9(11(13,14)15,12(16,17)18)21-8-5-10(7-20)3-2-4-19(10)6-8/h8,20H,2-7H2,1H3/t8-,10+/m0/s1. The van der Waals surface area contributed by atoms with Crippen molar-refractivity contribution in [1.29, 1.82) is 0 Å². The summed E-state index contributed by atoms with van der Waals surface area (Å²) < 4.78 is 81.4. The zero-order valence-electron chi connectivity index (χ0n) is 11.4. The van der Waals surface area contributed by atoms with Gasteiger partial charge in [0, 0.05) is 12.1 Å². The summed E-state index contributed by atoms with van der Waals surface area (Å²) in [6.07, 6.45) is -11.0. The van der Waals surface area contributed by atoms with E-state index in [4.69, 9.17) is 0 Å². The molecule has 0 amide bonds. The van der Waals surface area contributed by atoms with Gasteiger partial charge in [-0.25, -0.2) is 0 Å². The van der Waals surface area contributed by atoms with Crippen LogP contribution >= 0.6 is 0 Å². The predicted octanol–water partition coefficient (Wildman–Crippen LogP) is 2.49. The van der Waals surface area contributed by atoms with E-state index in [2.05, 4.69) is 4.74 Å². The summed E-state index contributed by atoms with van der Waals surface area (Å²) in [5, 5.41) is 9.42. The fourth-order valence-corrected chi connectivity index (χ4v) is 3.19. The summed E-state index contributed by atoms with van der Waals surface area (Å²) in [4.78, 5) is 1.73. The molecule has 0 aliphatic carbocycles. The minimum atomic E-state index is -5.55. The Balaban J connectivity index is 2.17. The first-order chi connectivity index (χ1) is 9.45. The van der Waals surface area contributed by atoms with Crippen LogP contribution in [-0.4, -0.2) is 59.3 Å². The number of halogens is 6. The summed E-state index contributed by atoms with van der Waals surface area (Å²) >= 11 is 0. The zero-order valence-corrected chi connectivity index (χ0v) is 11.4. The molecule has 0 unspecified atom stereocenters. The maximum atomic E-state index is 12.8. The van der Waals surface area contributed by atoms with Gasteiger partial charge < -0.3 is 9.84 Å². The SMILES string of the molecule is CC(O[C@@H]1CN2CCC[C@]2(CO)C1)(C(F)(F)F)C(F)(F)F. The molecular weight excluding hydrogens is 304 g/mol. The number of ether oxygens (including phenoxy) is 1. The highest BCUT2D eigenvalue weighted by atomic mass is 19.4. The van der Waals surface area contributed by atoms with Crippen molar-refractivity contribution in [2.45, 2.75) is 55.8 Å². The van der Waals surface area contributed by atoms with Crippen LogP contribution in [0.4, 0.5) is 26.3 Å². The Morgan fingerprint density at radius 2 is 1.76 bits per heavy atom. The van der Waals surface area contributed by atoms with Crippen LogP contribution in [0.1, 0.15) is 26.2 Å². The van der Waals surface area contributed by atoms with Crippen LogP contribution in [0.2, 0.25) is 0 Å². The normalized spacial score (nSPS) is 31.7. The average Bonchev–Trinajstić information content (AvgIpc) is 2.82. The number of alkyl halides is 6. The third kappa shape index (κ3) is 2.63. The van der Waals surface area contributed by atoms with Crippen molar-refractivity contribution in [2.24, 2.45) is 0 Å². The van der Waals surface area contributed by atoms with Crippen LogP contribution in [0.5, 0.6) is 0 Å². The second-order valence-electron chi connectivity index (χ2n) is 5.90. The molecule has 0 aromatic carbocycles. The lowest BCUT2D eigenvalue weighted by atomic mass is 9.94. The lowest BCUT2D eigenvalue weighted by Gasteiger charge is -2.36. The molecule has 1 N–H and O–H groups in total. The summed E-state index contributed by atoms with van der Waals surface area (Å²) in [7, 11) is 0. The Bertz CT molecular complexity index is 382. The molecule has 0 saturated carbocycles. The van der Waals surface area contributed by atoms with Gasteiger partial charge in [0.25, 0.3) is 5.60 Å². The van der Waals surface area contributed by atoms with Gasteiger partial charge in [0.1, 0.15) is 0 Å². The Morgan fingerprint density at radius 1 is 1.19 bits per heavy atom. The molecule has 2 heterocycles. The van der Waals surface area contributed by atoms with Gasteiger partial charge in [0.2, 0.25) is 0 Å². The molecule has 2 atom stereocenters. The first kappa shape index (κ1) is 16.8. The summed E-state index contributed by atoms with van der Waals surface area (Å²) in [6.45, 7) is 0.251. The minimum absolute atomic E-state index is 0.0159. The second kappa shape index (κ2) is 4.99. The Hall–Kier alpha value is -0.540. The first-order valence-corrected chi connectivity index (χ1v) is 6.62.